The number of rotatable bonds is 22. The molecule has 0 aliphatic rings. The number of para-hydroxylation sites is 2. The van der Waals surface area contributed by atoms with Gasteiger partial charge in [-0.15, -0.1) is 0 Å². The Hall–Kier alpha value is -2.24. The van der Waals surface area contributed by atoms with Gasteiger partial charge in [-0.1, -0.05) is 77.6 Å². The number of H-pyrrole nitrogens is 1. The molecule has 0 aliphatic heterocycles. The van der Waals surface area contributed by atoms with Gasteiger partial charge < -0.3 is 24.3 Å². The second-order valence-corrected chi connectivity index (χ2v) is 11.0. The van der Waals surface area contributed by atoms with E-state index in [2.05, 4.69) is 78.9 Å². The average molecular weight is 538 g/mol. The Kier molecular flexibility index (Phi) is 14.6. The zero-order valence-electron chi connectivity index (χ0n) is 25.4. The van der Waals surface area contributed by atoms with Crippen molar-refractivity contribution in [1.82, 2.24) is 14.8 Å². The Labute approximate surface area is 238 Å². The van der Waals surface area contributed by atoms with Crippen molar-refractivity contribution in [1.29, 1.82) is 0 Å². The van der Waals surface area contributed by atoms with E-state index >= 15 is 0 Å². The van der Waals surface area contributed by atoms with Gasteiger partial charge in [0.2, 0.25) is 0 Å². The van der Waals surface area contributed by atoms with Gasteiger partial charge in [-0.25, -0.2) is 0 Å². The first-order valence-electron chi connectivity index (χ1n) is 15.9. The number of aromatic nitrogens is 1. The number of benzene rings is 2. The minimum absolute atomic E-state index is 0.735. The highest BCUT2D eigenvalue weighted by Gasteiger charge is 2.13. The van der Waals surface area contributed by atoms with Crippen LogP contribution in [0.3, 0.4) is 0 Å². The van der Waals surface area contributed by atoms with Crippen molar-refractivity contribution in [3.63, 3.8) is 0 Å². The maximum atomic E-state index is 6.33. The molecule has 0 saturated carbocycles. The summed E-state index contributed by atoms with van der Waals surface area (Å²) in [5, 5.41) is 2.40. The topological polar surface area (TPSA) is 40.7 Å². The van der Waals surface area contributed by atoms with Gasteiger partial charge in [-0.05, 0) is 76.8 Å². The lowest BCUT2D eigenvalue weighted by molar-refractivity contribution is 0.229. The van der Waals surface area contributed by atoms with Crippen LogP contribution in [0, 0.1) is 0 Å². The summed E-state index contributed by atoms with van der Waals surface area (Å²) in [4.78, 5) is 8.87. The Bertz CT molecular complexity index is 965. The third-order valence-electron chi connectivity index (χ3n) is 7.66. The van der Waals surface area contributed by atoms with E-state index in [1.54, 1.807) is 0 Å². The molecule has 0 atom stereocenters. The summed E-state index contributed by atoms with van der Waals surface area (Å²) in [5.74, 6) is 1.87. The molecule has 0 amide bonds. The lowest BCUT2D eigenvalue weighted by Crippen LogP contribution is -2.28. The van der Waals surface area contributed by atoms with Crippen LogP contribution in [0.1, 0.15) is 91.9 Å². The van der Waals surface area contributed by atoms with Crippen LogP contribution < -0.4 is 9.47 Å². The normalized spacial score (nSPS) is 11.8. The molecular weight excluding hydrogens is 482 g/mol. The summed E-state index contributed by atoms with van der Waals surface area (Å²) >= 11 is 0. The molecular formula is C34H55N3O2. The summed E-state index contributed by atoms with van der Waals surface area (Å²) in [6.07, 6.45) is 12.2. The maximum Gasteiger partial charge on any atom is 0.143 e. The van der Waals surface area contributed by atoms with Crippen LogP contribution >= 0.6 is 0 Å². The standard InChI is InChI=1S/C34H55N3O2/c1-5-9-21-36(22-10-6-2)25-15-27-38-31-19-13-17-29-30-18-14-20-32(34(30)35-33(29)31)39-28-16-26-37(23-11-7-3)24-12-8-4/h13-14,17-20,35H,5-12,15-16,21-28H2,1-4H3. The van der Waals surface area contributed by atoms with Crippen LogP contribution in [-0.4, -0.2) is 67.3 Å². The molecule has 0 bridgehead atoms. The van der Waals surface area contributed by atoms with Crippen LogP contribution in [0.4, 0.5) is 0 Å². The van der Waals surface area contributed by atoms with Crippen molar-refractivity contribution >= 4 is 21.8 Å². The molecule has 5 nitrogen and oxygen atoms in total. The first-order valence-corrected chi connectivity index (χ1v) is 15.9. The summed E-state index contributed by atoms with van der Waals surface area (Å²) < 4.78 is 12.7. The first-order chi connectivity index (χ1) is 19.2. The third-order valence-corrected chi connectivity index (χ3v) is 7.66. The van der Waals surface area contributed by atoms with Crippen molar-refractivity contribution in [2.24, 2.45) is 0 Å². The van der Waals surface area contributed by atoms with Crippen molar-refractivity contribution in [3.8, 4) is 11.5 Å². The maximum absolute atomic E-state index is 6.33. The molecule has 0 saturated heterocycles. The average Bonchev–Trinajstić information content (AvgIpc) is 3.35. The molecule has 5 heteroatoms. The molecule has 39 heavy (non-hydrogen) atoms. The van der Waals surface area contributed by atoms with E-state index in [0.717, 1.165) is 61.7 Å². The SMILES string of the molecule is CCCCN(CCCC)CCCOc1cccc2c1[nH]c1c(OCCCN(CCCC)CCCC)cccc12. The number of nitrogens with zero attached hydrogens (tertiary/aromatic N) is 2. The van der Waals surface area contributed by atoms with E-state index < -0.39 is 0 Å². The summed E-state index contributed by atoms with van der Waals surface area (Å²) in [6.45, 7) is 17.6. The van der Waals surface area contributed by atoms with Gasteiger partial charge >= 0.3 is 0 Å². The molecule has 3 aromatic rings. The monoisotopic (exact) mass is 537 g/mol. The lowest BCUT2D eigenvalue weighted by Gasteiger charge is -2.22. The van der Waals surface area contributed by atoms with Crippen LogP contribution in [-0.2, 0) is 0 Å². The van der Waals surface area contributed by atoms with Crippen molar-refractivity contribution in [3.05, 3.63) is 36.4 Å². The molecule has 0 radical (unpaired) electrons. The fraction of sp³-hybridized carbons (Fsp3) is 0.647. The van der Waals surface area contributed by atoms with Gasteiger partial charge in [-0.3, -0.25) is 0 Å². The quantitative estimate of drug-likeness (QED) is 0.130. The minimum Gasteiger partial charge on any atom is -0.491 e. The Balaban J connectivity index is 1.59. The molecule has 1 heterocycles. The van der Waals surface area contributed by atoms with Gasteiger partial charge in [0.1, 0.15) is 11.5 Å². The van der Waals surface area contributed by atoms with E-state index in [1.165, 1.54) is 88.3 Å². The number of hydrogen-bond acceptors (Lipinski definition) is 4. The summed E-state index contributed by atoms with van der Waals surface area (Å²) in [7, 11) is 0. The zero-order chi connectivity index (χ0) is 27.7. The van der Waals surface area contributed by atoms with E-state index in [4.69, 9.17) is 9.47 Å². The second kappa shape index (κ2) is 18.2. The van der Waals surface area contributed by atoms with Crippen LogP contribution in [0.25, 0.3) is 21.8 Å². The van der Waals surface area contributed by atoms with E-state index in [1.807, 2.05) is 0 Å². The Morgan fingerprint density at radius 2 is 0.872 bits per heavy atom. The highest BCUT2D eigenvalue weighted by Crippen LogP contribution is 2.35. The molecule has 0 spiro atoms. The molecule has 2 aromatic carbocycles. The van der Waals surface area contributed by atoms with E-state index in [-0.39, 0.29) is 0 Å². The highest BCUT2D eigenvalue weighted by molar-refractivity contribution is 6.10. The minimum atomic E-state index is 0.735. The highest BCUT2D eigenvalue weighted by atomic mass is 16.5. The van der Waals surface area contributed by atoms with Gasteiger partial charge in [0.15, 0.2) is 0 Å². The fourth-order valence-corrected chi connectivity index (χ4v) is 5.27. The van der Waals surface area contributed by atoms with Crippen LogP contribution in [0.5, 0.6) is 11.5 Å². The second-order valence-electron chi connectivity index (χ2n) is 11.0. The largest absolute Gasteiger partial charge is 0.491 e. The van der Waals surface area contributed by atoms with Gasteiger partial charge in [0.05, 0.1) is 24.2 Å². The fourth-order valence-electron chi connectivity index (χ4n) is 5.27. The lowest BCUT2D eigenvalue weighted by atomic mass is 10.1. The van der Waals surface area contributed by atoms with E-state index in [0.29, 0.717) is 0 Å². The Morgan fingerprint density at radius 3 is 1.23 bits per heavy atom. The molecule has 1 aromatic heterocycles. The summed E-state index contributed by atoms with van der Waals surface area (Å²) in [6, 6.07) is 12.8. The molecule has 3 rings (SSSR count). The predicted octanol–water partition coefficient (Wildman–Crippen LogP) is 8.66. The summed E-state index contributed by atoms with van der Waals surface area (Å²) in [5.41, 5.74) is 2.14. The molecule has 0 unspecified atom stereocenters. The molecule has 1 N–H and O–H groups in total. The number of hydrogen-bond donors (Lipinski definition) is 1. The number of fused-ring (bicyclic) bond motifs is 3. The predicted molar refractivity (Wildman–Crippen MR) is 169 cm³/mol. The van der Waals surface area contributed by atoms with Gasteiger partial charge in [0, 0.05) is 23.9 Å². The van der Waals surface area contributed by atoms with Gasteiger partial charge in [0.25, 0.3) is 0 Å². The van der Waals surface area contributed by atoms with Crippen molar-refractivity contribution in [2.45, 2.75) is 91.9 Å². The number of unbranched alkanes of at least 4 members (excludes halogenated alkanes) is 4. The third kappa shape index (κ3) is 10.0. The number of aromatic amines is 1. The van der Waals surface area contributed by atoms with Crippen LogP contribution in [0.15, 0.2) is 36.4 Å². The number of ether oxygens (including phenoxy) is 2. The Morgan fingerprint density at radius 1 is 0.513 bits per heavy atom. The van der Waals surface area contributed by atoms with E-state index in [9.17, 15) is 0 Å². The first kappa shape index (κ1) is 31.3. The zero-order valence-corrected chi connectivity index (χ0v) is 25.4. The molecule has 0 aliphatic carbocycles. The molecule has 0 fully saturated rings. The van der Waals surface area contributed by atoms with Crippen molar-refractivity contribution < 1.29 is 9.47 Å². The van der Waals surface area contributed by atoms with Crippen LogP contribution in [0.2, 0.25) is 0 Å². The molecule has 218 valence electrons. The van der Waals surface area contributed by atoms with Gasteiger partial charge in [-0.2, -0.15) is 0 Å². The smallest absolute Gasteiger partial charge is 0.143 e. The van der Waals surface area contributed by atoms with Crippen molar-refractivity contribution in [2.75, 3.05) is 52.5 Å². The number of nitrogens with one attached hydrogen (secondary N) is 1.